The Morgan fingerprint density at radius 3 is 2.40 bits per heavy atom. The molecule has 0 aliphatic rings. The molecule has 0 aliphatic carbocycles. The molecular formula is C23H23IN6. The van der Waals surface area contributed by atoms with Crippen LogP contribution in [0.2, 0.25) is 0 Å². The molecule has 0 spiro atoms. The van der Waals surface area contributed by atoms with E-state index in [0.29, 0.717) is 5.82 Å². The molecule has 0 amide bonds. The van der Waals surface area contributed by atoms with Gasteiger partial charge in [-0.05, 0) is 68.6 Å². The van der Waals surface area contributed by atoms with Gasteiger partial charge in [-0.2, -0.15) is 0 Å². The number of benzene rings is 2. The average Bonchev–Trinajstić information content (AvgIpc) is 3.33. The Kier molecular flexibility index (Phi) is 6.37. The van der Waals surface area contributed by atoms with E-state index in [0.717, 1.165) is 53.2 Å². The highest BCUT2D eigenvalue weighted by molar-refractivity contribution is 14.1. The van der Waals surface area contributed by atoms with Crippen molar-refractivity contribution in [1.82, 2.24) is 25.6 Å². The number of halogens is 1. The van der Waals surface area contributed by atoms with Gasteiger partial charge in [0.15, 0.2) is 5.82 Å². The van der Waals surface area contributed by atoms with Gasteiger partial charge in [0.05, 0.1) is 15.0 Å². The quantitative estimate of drug-likeness (QED) is 0.331. The molecule has 4 aromatic rings. The second-order valence-electron chi connectivity index (χ2n) is 6.97. The van der Waals surface area contributed by atoms with Gasteiger partial charge in [0, 0.05) is 17.8 Å². The lowest BCUT2D eigenvalue weighted by atomic mass is 9.98. The zero-order valence-electron chi connectivity index (χ0n) is 17.0. The van der Waals surface area contributed by atoms with Gasteiger partial charge in [0.25, 0.3) is 0 Å². The number of aryl methyl sites for hydroxylation is 2. The minimum atomic E-state index is 0.669. The minimum Gasteiger partial charge on any atom is -0.380 e. The van der Waals surface area contributed by atoms with Crippen LogP contribution in [0.25, 0.3) is 22.5 Å². The van der Waals surface area contributed by atoms with Gasteiger partial charge in [-0.3, -0.25) is 4.98 Å². The highest BCUT2D eigenvalue weighted by Gasteiger charge is 2.11. The Balaban J connectivity index is 1.54. The molecule has 2 N–H and O–H groups in total. The van der Waals surface area contributed by atoms with E-state index in [4.69, 9.17) is 4.98 Å². The van der Waals surface area contributed by atoms with Crippen molar-refractivity contribution < 1.29 is 0 Å². The van der Waals surface area contributed by atoms with Crippen LogP contribution >= 0.6 is 22.6 Å². The molecule has 0 aliphatic heterocycles. The van der Waals surface area contributed by atoms with Crippen molar-refractivity contribution in [1.29, 1.82) is 0 Å². The Bertz CT molecular complexity index is 1120. The topological polar surface area (TPSA) is 79.4 Å². The molecule has 2 heterocycles. The molecule has 7 heteroatoms. The Morgan fingerprint density at radius 1 is 0.967 bits per heavy atom. The highest BCUT2D eigenvalue weighted by atomic mass is 127. The van der Waals surface area contributed by atoms with Crippen molar-refractivity contribution in [3.05, 3.63) is 75.1 Å². The summed E-state index contributed by atoms with van der Waals surface area (Å²) in [5.41, 5.74) is 7.88. The molecule has 6 nitrogen and oxygen atoms in total. The molecule has 0 fully saturated rings. The van der Waals surface area contributed by atoms with Crippen molar-refractivity contribution in [2.24, 2.45) is 0 Å². The van der Waals surface area contributed by atoms with E-state index in [-0.39, 0.29) is 0 Å². The van der Waals surface area contributed by atoms with Gasteiger partial charge >= 0.3 is 0 Å². The first-order valence-corrected chi connectivity index (χ1v) is 11.1. The molecule has 152 valence electrons. The number of aromatic amines is 1. The van der Waals surface area contributed by atoms with Crippen LogP contribution in [-0.4, -0.2) is 25.6 Å². The van der Waals surface area contributed by atoms with Gasteiger partial charge in [0.2, 0.25) is 0 Å². The molecule has 2 aromatic heterocycles. The number of anilines is 1. The van der Waals surface area contributed by atoms with Crippen LogP contribution in [0.4, 0.5) is 5.69 Å². The maximum Gasteiger partial charge on any atom is 0.180 e. The van der Waals surface area contributed by atoms with Gasteiger partial charge in [-0.1, -0.05) is 62.4 Å². The Hall–Kier alpha value is -2.81. The average molecular weight is 510 g/mol. The van der Waals surface area contributed by atoms with Gasteiger partial charge in [-0.25, -0.2) is 5.10 Å². The third-order valence-electron chi connectivity index (χ3n) is 5.05. The van der Waals surface area contributed by atoms with Crippen molar-refractivity contribution >= 4 is 28.3 Å². The Morgan fingerprint density at radius 2 is 1.73 bits per heavy atom. The highest BCUT2D eigenvalue weighted by Crippen LogP contribution is 2.30. The molecule has 30 heavy (non-hydrogen) atoms. The fourth-order valence-corrected chi connectivity index (χ4v) is 4.25. The van der Waals surface area contributed by atoms with E-state index in [1.54, 1.807) is 0 Å². The number of hydrogen-bond acceptors (Lipinski definition) is 5. The second-order valence-corrected chi connectivity index (χ2v) is 8.05. The molecule has 0 radical (unpaired) electrons. The molecule has 2 aromatic carbocycles. The molecule has 0 unspecified atom stereocenters. The molecule has 0 atom stereocenters. The first kappa shape index (κ1) is 20.5. The number of pyridine rings is 1. The zero-order valence-corrected chi connectivity index (χ0v) is 19.1. The van der Waals surface area contributed by atoms with Crippen LogP contribution in [-0.2, 0) is 19.4 Å². The lowest BCUT2D eigenvalue weighted by Gasteiger charge is -2.14. The number of aromatic nitrogens is 5. The molecule has 4 rings (SSSR count). The maximum atomic E-state index is 4.74. The Labute approximate surface area is 189 Å². The van der Waals surface area contributed by atoms with Crippen molar-refractivity contribution in [2.45, 2.75) is 33.2 Å². The monoisotopic (exact) mass is 510 g/mol. The number of hydrogen-bond donors (Lipinski definition) is 2. The normalized spacial score (nSPS) is 10.9. The third-order valence-corrected chi connectivity index (χ3v) is 6.26. The number of tetrazole rings is 1. The standard InChI is InChI=1S/C23H23IN6/c1-3-17-13-21(22(24)20(4-2)26-17)25-14-15-9-11-16(12-10-15)18-7-5-6-8-19(18)23-27-29-30-28-23/h5-13H,3-4,14H2,1-2H3,(H,25,26)(H,27,28,29,30). The summed E-state index contributed by atoms with van der Waals surface area (Å²) in [6.45, 7) is 5.06. The van der Waals surface area contributed by atoms with Crippen molar-refractivity contribution in [3.63, 3.8) is 0 Å². The smallest absolute Gasteiger partial charge is 0.180 e. The predicted molar refractivity (Wildman–Crippen MR) is 128 cm³/mol. The first-order chi connectivity index (χ1) is 14.7. The zero-order chi connectivity index (χ0) is 20.9. The number of nitrogens with zero attached hydrogens (tertiary/aromatic N) is 4. The van der Waals surface area contributed by atoms with Crippen LogP contribution in [0, 0.1) is 3.57 Å². The number of H-pyrrole nitrogens is 1. The molecule has 0 saturated heterocycles. The summed E-state index contributed by atoms with van der Waals surface area (Å²) in [7, 11) is 0. The van der Waals surface area contributed by atoms with E-state index in [1.807, 2.05) is 18.2 Å². The second kappa shape index (κ2) is 9.34. The summed E-state index contributed by atoms with van der Waals surface area (Å²) in [6, 6.07) is 18.9. The lowest BCUT2D eigenvalue weighted by Crippen LogP contribution is -2.06. The van der Waals surface area contributed by atoms with E-state index < -0.39 is 0 Å². The van der Waals surface area contributed by atoms with E-state index in [1.165, 1.54) is 9.13 Å². The van der Waals surface area contributed by atoms with Crippen LogP contribution in [0.15, 0.2) is 54.6 Å². The fraction of sp³-hybridized carbons (Fsp3) is 0.217. The van der Waals surface area contributed by atoms with Crippen molar-refractivity contribution in [2.75, 3.05) is 5.32 Å². The first-order valence-electron chi connectivity index (χ1n) is 10.0. The van der Waals surface area contributed by atoms with E-state index >= 15 is 0 Å². The summed E-state index contributed by atoms with van der Waals surface area (Å²) >= 11 is 2.39. The van der Waals surface area contributed by atoms with E-state index in [2.05, 4.69) is 98.8 Å². The number of nitrogens with one attached hydrogen (secondary N) is 2. The maximum absolute atomic E-state index is 4.74. The fourth-order valence-electron chi connectivity index (χ4n) is 3.40. The van der Waals surface area contributed by atoms with Crippen LogP contribution < -0.4 is 5.32 Å². The largest absolute Gasteiger partial charge is 0.380 e. The van der Waals surface area contributed by atoms with Crippen LogP contribution in [0.5, 0.6) is 0 Å². The van der Waals surface area contributed by atoms with Crippen molar-refractivity contribution in [3.8, 4) is 22.5 Å². The van der Waals surface area contributed by atoms with Gasteiger partial charge in [-0.15, -0.1) is 5.10 Å². The van der Waals surface area contributed by atoms with Gasteiger partial charge < -0.3 is 5.32 Å². The summed E-state index contributed by atoms with van der Waals surface area (Å²) in [4.78, 5) is 4.74. The third kappa shape index (κ3) is 4.35. The predicted octanol–water partition coefficient (Wildman–Crippen LogP) is 5.27. The summed E-state index contributed by atoms with van der Waals surface area (Å²) in [6.07, 6.45) is 1.88. The minimum absolute atomic E-state index is 0.669. The lowest BCUT2D eigenvalue weighted by molar-refractivity contribution is 0.881. The van der Waals surface area contributed by atoms with E-state index in [9.17, 15) is 0 Å². The summed E-state index contributed by atoms with van der Waals surface area (Å²) < 4.78 is 1.21. The number of rotatable bonds is 7. The van der Waals surface area contributed by atoms with Crippen LogP contribution in [0.3, 0.4) is 0 Å². The van der Waals surface area contributed by atoms with Gasteiger partial charge in [0.1, 0.15) is 0 Å². The molecule has 0 saturated carbocycles. The molecule has 0 bridgehead atoms. The van der Waals surface area contributed by atoms with Crippen LogP contribution in [0.1, 0.15) is 30.8 Å². The molecular weight excluding hydrogens is 487 g/mol. The summed E-state index contributed by atoms with van der Waals surface area (Å²) in [5.74, 6) is 0.669. The summed E-state index contributed by atoms with van der Waals surface area (Å²) in [5, 5.41) is 17.9. The SMILES string of the molecule is CCc1cc(NCc2ccc(-c3ccccc3-c3nnn[nH]3)cc2)c(I)c(CC)n1.